The third-order valence-electron chi connectivity index (χ3n) is 2.95. The molecule has 1 saturated heterocycles. The Hall–Kier alpha value is -0.220. The van der Waals surface area contributed by atoms with E-state index in [-0.39, 0.29) is 5.91 Å². The molecule has 0 aromatic carbocycles. The van der Waals surface area contributed by atoms with Gasteiger partial charge in [0.25, 0.3) is 0 Å². The third kappa shape index (κ3) is 6.38. The summed E-state index contributed by atoms with van der Waals surface area (Å²) in [7, 11) is 0. The van der Waals surface area contributed by atoms with Crippen LogP contribution in [-0.4, -0.2) is 49.0 Å². The van der Waals surface area contributed by atoms with Gasteiger partial charge in [0.1, 0.15) is 0 Å². The maximum atomic E-state index is 11.2. The van der Waals surface area contributed by atoms with E-state index in [1.807, 2.05) is 6.26 Å². The number of amides is 1. The highest BCUT2D eigenvalue weighted by atomic mass is 32.2. The first-order valence-corrected chi connectivity index (χ1v) is 7.70. The van der Waals surface area contributed by atoms with Gasteiger partial charge in [-0.25, -0.2) is 0 Å². The van der Waals surface area contributed by atoms with Gasteiger partial charge in [0, 0.05) is 6.54 Å². The van der Waals surface area contributed by atoms with Gasteiger partial charge in [0.05, 0.1) is 5.75 Å². The molecule has 1 aliphatic rings. The molecule has 0 aromatic heterocycles. The van der Waals surface area contributed by atoms with Crippen LogP contribution in [0.15, 0.2) is 0 Å². The molecule has 4 heteroatoms. The number of carbonyl (C=O) groups is 1. The average Bonchev–Trinajstić information content (AvgIpc) is 2.53. The minimum Gasteiger partial charge on any atom is -0.355 e. The molecule has 1 aliphatic heterocycles. The van der Waals surface area contributed by atoms with Gasteiger partial charge >= 0.3 is 0 Å². The molecule has 1 fully saturated rings. The van der Waals surface area contributed by atoms with Gasteiger partial charge < -0.3 is 10.2 Å². The Kier molecular flexibility index (Phi) is 7.68. The fourth-order valence-electron chi connectivity index (χ4n) is 2.07. The number of hydrogen-bond donors (Lipinski definition) is 1. The molecule has 94 valence electrons. The summed E-state index contributed by atoms with van der Waals surface area (Å²) >= 11 is 1.58. The quantitative estimate of drug-likeness (QED) is 0.722. The van der Waals surface area contributed by atoms with E-state index in [2.05, 4.69) is 10.2 Å². The van der Waals surface area contributed by atoms with Crippen molar-refractivity contribution in [1.82, 2.24) is 10.2 Å². The maximum absolute atomic E-state index is 11.2. The zero-order valence-corrected chi connectivity index (χ0v) is 11.2. The summed E-state index contributed by atoms with van der Waals surface area (Å²) in [6, 6.07) is 0. The van der Waals surface area contributed by atoms with Crippen LogP contribution in [0.2, 0.25) is 0 Å². The molecule has 3 nitrogen and oxygen atoms in total. The Balaban J connectivity index is 1.99. The van der Waals surface area contributed by atoms with Crippen LogP contribution in [0.25, 0.3) is 0 Å². The number of nitrogens with one attached hydrogen (secondary N) is 1. The second kappa shape index (κ2) is 8.88. The Labute approximate surface area is 103 Å². The number of rotatable bonds is 6. The van der Waals surface area contributed by atoms with Gasteiger partial charge in [-0.3, -0.25) is 4.79 Å². The van der Waals surface area contributed by atoms with E-state index in [0.29, 0.717) is 5.75 Å². The van der Waals surface area contributed by atoms with Gasteiger partial charge in [-0.1, -0.05) is 12.8 Å². The highest BCUT2D eigenvalue weighted by Crippen LogP contribution is 2.09. The molecule has 0 aliphatic carbocycles. The summed E-state index contributed by atoms with van der Waals surface area (Å²) in [5.41, 5.74) is 0. The number of nitrogens with zero attached hydrogens (tertiary/aromatic N) is 1. The zero-order chi connectivity index (χ0) is 11.6. The van der Waals surface area contributed by atoms with Gasteiger partial charge in [-0.2, -0.15) is 11.8 Å². The molecule has 0 unspecified atom stereocenters. The zero-order valence-electron chi connectivity index (χ0n) is 10.3. The number of hydrogen-bond acceptors (Lipinski definition) is 3. The monoisotopic (exact) mass is 244 g/mol. The highest BCUT2D eigenvalue weighted by molar-refractivity contribution is 7.99. The topological polar surface area (TPSA) is 32.3 Å². The van der Waals surface area contributed by atoms with Crippen molar-refractivity contribution in [1.29, 1.82) is 0 Å². The lowest BCUT2D eigenvalue weighted by atomic mass is 10.2. The van der Waals surface area contributed by atoms with Crippen molar-refractivity contribution in [3.8, 4) is 0 Å². The van der Waals surface area contributed by atoms with Crippen LogP contribution in [0.5, 0.6) is 0 Å². The van der Waals surface area contributed by atoms with Crippen LogP contribution >= 0.6 is 11.8 Å². The molecule has 0 aromatic rings. The van der Waals surface area contributed by atoms with Crippen molar-refractivity contribution < 1.29 is 4.79 Å². The maximum Gasteiger partial charge on any atom is 0.229 e. The third-order valence-corrected chi connectivity index (χ3v) is 3.50. The van der Waals surface area contributed by atoms with Crippen LogP contribution in [0, 0.1) is 0 Å². The van der Waals surface area contributed by atoms with Crippen LogP contribution in [0.3, 0.4) is 0 Å². The first-order chi connectivity index (χ1) is 7.83. The predicted octanol–water partition coefficient (Wildman–Crippen LogP) is 1.73. The summed E-state index contributed by atoms with van der Waals surface area (Å²) in [5.74, 6) is 0.757. The minimum absolute atomic E-state index is 0.170. The van der Waals surface area contributed by atoms with E-state index in [4.69, 9.17) is 0 Å². The van der Waals surface area contributed by atoms with Gasteiger partial charge in [0.2, 0.25) is 5.91 Å². The lowest BCUT2D eigenvalue weighted by Crippen LogP contribution is -2.31. The van der Waals surface area contributed by atoms with E-state index in [1.165, 1.54) is 38.8 Å². The van der Waals surface area contributed by atoms with Gasteiger partial charge in [-0.05, 0) is 45.2 Å². The van der Waals surface area contributed by atoms with E-state index in [9.17, 15) is 4.79 Å². The molecule has 0 saturated carbocycles. The predicted molar refractivity (Wildman–Crippen MR) is 70.9 cm³/mol. The molecule has 0 bridgehead atoms. The van der Waals surface area contributed by atoms with Crippen molar-refractivity contribution in [3.05, 3.63) is 0 Å². The minimum atomic E-state index is 0.170. The second-order valence-electron chi connectivity index (χ2n) is 4.39. The summed E-state index contributed by atoms with van der Waals surface area (Å²) in [6.07, 6.45) is 8.51. The number of likely N-dealkylation sites (tertiary alicyclic amines) is 1. The second-order valence-corrected chi connectivity index (χ2v) is 5.26. The standard InChI is InChI=1S/C12H24N2OS/c1-16-11-12(15)13-7-6-10-14-8-4-2-3-5-9-14/h2-11H2,1H3,(H,13,15). The van der Waals surface area contributed by atoms with Crippen molar-refractivity contribution in [3.63, 3.8) is 0 Å². The molecule has 1 amide bonds. The summed E-state index contributed by atoms with van der Waals surface area (Å²) < 4.78 is 0. The molecule has 1 rings (SSSR count). The lowest BCUT2D eigenvalue weighted by molar-refractivity contribution is -0.118. The highest BCUT2D eigenvalue weighted by Gasteiger charge is 2.08. The Morgan fingerprint density at radius 2 is 1.94 bits per heavy atom. The first kappa shape index (κ1) is 13.8. The van der Waals surface area contributed by atoms with E-state index in [1.54, 1.807) is 11.8 Å². The molecule has 0 spiro atoms. The molecule has 0 atom stereocenters. The fraction of sp³-hybridized carbons (Fsp3) is 0.917. The van der Waals surface area contributed by atoms with Crippen LogP contribution in [0.1, 0.15) is 32.1 Å². The summed E-state index contributed by atoms with van der Waals surface area (Å²) in [6.45, 7) is 4.47. The lowest BCUT2D eigenvalue weighted by Gasteiger charge is -2.19. The molecular formula is C12H24N2OS. The van der Waals surface area contributed by atoms with E-state index >= 15 is 0 Å². The molecular weight excluding hydrogens is 220 g/mol. The largest absolute Gasteiger partial charge is 0.355 e. The van der Waals surface area contributed by atoms with Gasteiger partial charge in [0.15, 0.2) is 0 Å². The van der Waals surface area contributed by atoms with E-state index in [0.717, 1.165) is 19.5 Å². The fourth-order valence-corrected chi connectivity index (χ4v) is 2.44. The number of thioether (sulfide) groups is 1. The molecule has 16 heavy (non-hydrogen) atoms. The van der Waals surface area contributed by atoms with Crippen LogP contribution < -0.4 is 5.32 Å². The molecule has 1 heterocycles. The van der Waals surface area contributed by atoms with Crippen molar-refractivity contribution in [2.75, 3.05) is 38.2 Å². The summed E-state index contributed by atoms with van der Waals surface area (Å²) in [4.78, 5) is 13.7. The smallest absolute Gasteiger partial charge is 0.229 e. The Morgan fingerprint density at radius 1 is 1.25 bits per heavy atom. The molecule has 1 N–H and O–H groups in total. The average molecular weight is 244 g/mol. The summed E-state index contributed by atoms with van der Waals surface area (Å²) in [5, 5.41) is 2.95. The van der Waals surface area contributed by atoms with Crippen LogP contribution in [0.4, 0.5) is 0 Å². The SMILES string of the molecule is CSCC(=O)NCCCN1CCCCCC1. The first-order valence-electron chi connectivity index (χ1n) is 6.31. The Morgan fingerprint density at radius 3 is 2.56 bits per heavy atom. The van der Waals surface area contributed by atoms with Gasteiger partial charge in [-0.15, -0.1) is 0 Å². The Bertz CT molecular complexity index is 191. The van der Waals surface area contributed by atoms with Crippen LogP contribution in [-0.2, 0) is 4.79 Å². The molecule has 0 radical (unpaired) electrons. The van der Waals surface area contributed by atoms with Crippen molar-refractivity contribution in [2.24, 2.45) is 0 Å². The van der Waals surface area contributed by atoms with Crippen molar-refractivity contribution in [2.45, 2.75) is 32.1 Å². The van der Waals surface area contributed by atoms with Crippen molar-refractivity contribution >= 4 is 17.7 Å². The van der Waals surface area contributed by atoms with E-state index < -0.39 is 0 Å². The normalized spacial score (nSPS) is 18.1. The number of carbonyl (C=O) groups excluding carboxylic acids is 1.